The average Bonchev–Trinajstić information content (AvgIpc) is 2.67. The molecule has 0 aromatic heterocycles. The molecule has 1 aromatic rings. The highest BCUT2D eigenvalue weighted by Gasteiger charge is 2.71. The molecule has 0 unspecified atom stereocenters. The highest BCUT2D eigenvalue weighted by atomic mass is 19.4. The Balaban J connectivity index is 0.000000412. The van der Waals surface area contributed by atoms with Crippen LogP contribution in [-0.2, 0) is 12.1 Å². The normalized spacial score (nSPS) is 23.8. The molecule has 31 heavy (non-hydrogen) atoms. The van der Waals surface area contributed by atoms with Gasteiger partial charge in [-0.1, -0.05) is 24.3 Å². The molecule has 0 radical (unpaired) electrons. The molecule has 0 saturated carbocycles. The molecule has 1 aromatic carbocycles. The standard InChI is InChI=1S/C15H18F6N2O.C5H12N2/c1-10-8-23(7-6-22-10)9-11-2-4-12(5-3-11)13(24,14(16,17)18)15(19,20)21;1-5-4-6-2-3-7-5/h2-5,10,22,24H,6-9H2,1H3;5-7H,2-4H2,1H3/t10-;5-/m11/s1. The lowest BCUT2D eigenvalue weighted by Gasteiger charge is -2.33. The van der Waals surface area contributed by atoms with Crippen molar-refractivity contribution in [3.8, 4) is 0 Å². The third kappa shape index (κ3) is 6.79. The van der Waals surface area contributed by atoms with Gasteiger partial charge in [-0.3, -0.25) is 4.90 Å². The summed E-state index contributed by atoms with van der Waals surface area (Å²) >= 11 is 0. The van der Waals surface area contributed by atoms with Crippen LogP contribution in [0.2, 0.25) is 0 Å². The van der Waals surface area contributed by atoms with Crippen LogP contribution >= 0.6 is 0 Å². The lowest BCUT2D eigenvalue weighted by Crippen LogP contribution is -2.53. The molecular weight excluding hydrogens is 426 g/mol. The van der Waals surface area contributed by atoms with Gasteiger partial charge in [0.25, 0.3) is 5.60 Å². The zero-order valence-electron chi connectivity index (χ0n) is 17.6. The minimum absolute atomic E-state index is 0.263. The lowest BCUT2D eigenvalue weighted by atomic mass is 9.91. The van der Waals surface area contributed by atoms with Crippen LogP contribution in [0.5, 0.6) is 0 Å². The van der Waals surface area contributed by atoms with Crippen LogP contribution in [0.1, 0.15) is 25.0 Å². The van der Waals surface area contributed by atoms with E-state index < -0.39 is 23.5 Å². The number of benzene rings is 1. The molecule has 178 valence electrons. The van der Waals surface area contributed by atoms with Crippen molar-refractivity contribution < 1.29 is 31.4 Å². The summed E-state index contributed by atoms with van der Waals surface area (Å²) in [5.74, 6) is 0. The molecule has 0 bridgehead atoms. The molecule has 2 saturated heterocycles. The number of alkyl halides is 6. The quantitative estimate of drug-likeness (QED) is 0.527. The van der Waals surface area contributed by atoms with Crippen molar-refractivity contribution in [2.45, 2.75) is 50.4 Å². The first-order valence-electron chi connectivity index (χ1n) is 10.2. The number of halogens is 6. The van der Waals surface area contributed by atoms with E-state index >= 15 is 0 Å². The molecular formula is C20H30F6N4O. The topological polar surface area (TPSA) is 59.6 Å². The largest absolute Gasteiger partial charge is 0.430 e. The van der Waals surface area contributed by atoms with Crippen molar-refractivity contribution >= 4 is 0 Å². The fourth-order valence-electron chi connectivity index (χ4n) is 3.55. The third-order valence-electron chi connectivity index (χ3n) is 5.30. The van der Waals surface area contributed by atoms with E-state index in [1.165, 1.54) is 12.1 Å². The van der Waals surface area contributed by atoms with Crippen LogP contribution in [0.15, 0.2) is 24.3 Å². The zero-order valence-corrected chi connectivity index (χ0v) is 17.6. The molecule has 2 heterocycles. The Labute approximate surface area is 178 Å². The van der Waals surface area contributed by atoms with Crippen LogP contribution in [0.3, 0.4) is 0 Å². The maximum atomic E-state index is 12.8. The van der Waals surface area contributed by atoms with Crippen LogP contribution in [0.25, 0.3) is 0 Å². The van der Waals surface area contributed by atoms with Crippen LogP contribution in [-0.4, -0.2) is 73.7 Å². The monoisotopic (exact) mass is 456 g/mol. The maximum Gasteiger partial charge on any atom is 0.430 e. The smallest absolute Gasteiger partial charge is 0.369 e. The number of rotatable bonds is 3. The molecule has 0 spiro atoms. The van der Waals surface area contributed by atoms with Crippen molar-refractivity contribution in [2.24, 2.45) is 0 Å². The van der Waals surface area contributed by atoms with Gasteiger partial charge in [0, 0.05) is 63.5 Å². The Hall–Kier alpha value is -1.40. The summed E-state index contributed by atoms with van der Waals surface area (Å²) in [6, 6.07) is 4.67. The molecule has 2 atom stereocenters. The molecule has 0 aliphatic carbocycles. The van der Waals surface area contributed by atoms with Gasteiger partial charge >= 0.3 is 12.4 Å². The van der Waals surface area contributed by atoms with Gasteiger partial charge in [0.2, 0.25) is 0 Å². The molecule has 5 nitrogen and oxygen atoms in total. The summed E-state index contributed by atoms with van der Waals surface area (Å²) in [6.07, 6.45) is -11.7. The van der Waals surface area contributed by atoms with Crippen molar-refractivity contribution in [3.05, 3.63) is 35.4 Å². The Morgan fingerprint density at radius 3 is 1.90 bits per heavy atom. The second-order valence-corrected chi connectivity index (χ2v) is 8.05. The van der Waals surface area contributed by atoms with Gasteiger partial charge in [0.05, 0.1) is 0 Å². The van der Waals surface area contributed by atoms with E-state index in [-0.39, 0.29) is 6.04 Å². The fourth-order valence-corrected chi connectivity index (χ4v) is 3.55. The van der Waals surface area contributed by atoms with E-state index in [9.17, 15) is 31.4 Å². The third-order valence-corrected chi connectivity index (χ3v) is 5.30. The van der Waals surface area contributed by atoms with Crippen LogP contribution in [0.4, 0.5) is 26.3 Å². The minimum atomic E-state index is -5.86. The molecule has 11 heteroatoms. The Morgan fingerprint density at radius 2 is 1.48 bits per heavy atom. The van der Waals surface area contributed by atoms with E-state index in [0.717, 1.165) is 39.3 Å². The Morgan fingerprint density at radius 1 is 0.903 bits per heavy atom. The van der Waals surface area contributed by atoms with E-state index in [4.69, 9.17) is 0 Å². The number of hydrogen-bond acceptors (Lipinski definition) is 5. The van der Waals surface area contributed by atoms with E-state index in [2.05, 4.69) is 27.8 Å². The lowest BCUT2D eigenvalue weighted by molar-refractivity contribution is -0.376. The fraction of sp³-hybridized carbons (Fsp3) is 0.700. The molecule has 3 rings (SSSR count). The highest BCUT2D eigenvalue weighted by molar-refractivity contribution is 5.30. The highest BCUT2D eigenvalue weighted by Crippen LogP contribution is 2.49. The van der Waals surface area contributed by atoms with Gasteiger partial charge in [-0.25, -0.2) is 0 Å². The van der Waals surface area contributed by atoms with Crippen molar-refractivity contribution in [3.63, 3.8) is 0 Å². The zero-order chi connectivity index (χ0) is 23.3. The van der Waals surface area contributed by atoms with Crippen molar-refractivity contribution in [1.29, 1.82) is 0 Å². The van der Waals surface area contributed by atoms with E-state index in [1.54, 1.807) is 0 Å². The van der Waals surface area contributed by atoms with Gasteiger partial charge in [0.1, 0.15) is 0 Å². The van der Waals surface area contributed by atoms with E-state index in [0.29, 0.717) is 30.3 Å². The summed E-state index contributed by atoms with van der Waals surface area (Å²) in [7, 11) is 0. The number of nitrogens with zero attached hydrogens (tertiary/aromatic N) is 1. The van der Waals surface area contributed by atoms with Crippen LogP contribution < -0.4 is 16.0 Å². The van der Waals surface area contributed by atoms with Gasteiger partial charge in [-0.2, -0.15) is 26.3 Å². The van der Waals surface area contributed by atoms with Gasteiger partial charge in [-0.05, 0) is 19.4 Å². The summed E-state index contributed by atoms with van der Waals surface area (Å²) < 4.78 is 76.9. The molecule has 0 amide bonds. The second-order valence-electron chi connectivity index (χ2n) is 8.05. The summed E-state index contributed by atoms with van der Waals surface area (Å²) in [6.45, 7) is 10.2. The Bertz CT molecular complexity index is 660. The Kier molecular flexibility index (Phi) is 8.74. The second kappa shape index (κ2) is 10.5. The first kappa shape index (κ1) is 25.9. The number of nitrogens with one attached hydrogen (secondary N) is 3. The summed E-state index contributed by atoms with van der Waals surface area (Å²) in [5, 5.41) is 19.2. The van der Waals surface area contributed by atoms with Gasteiger partial charge in [0.15, 0.2) is 0 Å². The van der Waals surface area contributed by atoms with Crippen molar-refractivity contribution in [2.75, 3.05) is 39.3 Å². The minimum Gasteiger partial charge on any atom is -0.369 e. The van der Waals surface area contributed by atoms with Crippen LogP contribution in [0, 0.1) is 0 Å². The number of aliphatic hydroxyl groups is 1. The molecule has 2 aliphatic heterocycles. The maximum absolute atomic E-state index is 12.8. The first-order valence-corrected chi connectivity index (χ1v) is 10.2. The molecule has 2 aliphatic rings. The molecule has 4 N–H and O–H groups in total. The number of hydrogen-bond donors (Lipinski definition) is 4. The predicted molar refractivity (Wildman–Crippen MR) is 106 cm³/mol. The average molecular weight is 456 g/mol. The molecule has 2 fully saturated rings. The summed E-state index contributed by atoms with van der Waals surface area (Å²) in [4.78, 5) is 2.05. The number of piperazine rings is 2. The first-order chi connectivity index (χ1) is 14.3. The van der Waals surface area contributed by atoms with Crippen molar-refractivity contribution in [1.82, 2.24) is 20.9 Å². The predicted octanol–water partition coefficient (Wildman–Crippen LogP) is 2.36. The summed E-state index contributed by atoms with van der Waals surface area (Å²) in [5.41, 5.74) is -5.53. The van der Waals surface area contributed by atoms with E-state index in [1.807, 2.05) is 6.92 Å². The van der Waals surface area contributed by atoms with Gasteiger partial charge < -0.3 is 21.1 Å². The van der Waals surface area contributed by atoms with Gasteiger partial charge in [-0.15, -0.1) is 0 Å². The SMILES string of the molecule is C[C@@H]1CN(Cc2ccc(C(O)(C(F)(F)F)C(F)(F)F)cc2)CCN1.C[C@@H]1CNCCN1.